The SMILES string of the molecule is [C-]#[N+]c1ccc2oc3ccc(-n4c5ccccc5c5c(-c6ccc7c(c6)c6cc(-c8ccc9oc%10ccccc%10c9c8)ccc6n7-c6ccccc6)cccc54)cc3c2c1. The van der Waals surface area contributed by atoms with Gasteiger partial charge in [-0.2, -0.15) is 0 Å². The van der Waals surface area contributed by atoms with E-state index in [0.29, 0.717) is 5.69 Å². The summed E-state index contributed by atoms with van der Waals surface area (Å²) in [5, 5.41) is 8.97. The topological polar surface area (TPSA) is 40.5 Å². The van der Waals surface area contributed by atoms with Crippen LogP contribution in [0.1, 0.15) is 0 Å². The van der Waals surface area contributed by atoms with Crippen LogP contribution in [0.4, 0.5) is 5.69 Å². The molecular weight excluding hydrogens is 735 g/mol. The number of furan rings is 2. The molecule has 5 nitrogen and oxygen atoms in total. The summed E-state index contributed by atoms with van der Waals surface area (Å²) >= 11 is 0. The molecule has 5 heteroatoms. The normalized spacial score (nSPS) is 12.0. The minimum absolute atomic E-state index is 0.599. The van der Waals surface area contributed by atoms with Gasteiger partial charge >= 0.3 is 0 Å². The summed E-state index contributed by atoms with van der Waals surface area (Å²) in [5.41, 5.74) is 15.4. The first-order chi connectivity index (χ1) is 29.7. The molecule has 0 fully saturated rings. The minimum atomic E-state index is 0.599. The summed E-state index contributed by atoms with van der Waals surface area (Å²) < 4.78 is 17.1. The van der Waals surface area contributed by atoms with Crippen LogP contribution in [-0.2, 0) is 0 Å². The first-order valence-corrected chi connectivity index (χ1v) is 20.1. The number of fused-ring (bicyclic) bond motifs is 12. The second kappa shape index (κ2) is 12.3. The van der Waals surface area contributed by atoms with E-state index >= 15 is 0 Å². The lowest BCUT2D eigenvalue weighted by Crippen LogP contribution is -1.93. The molecule has 4 heterocycles. The van der Waals surface area contributed by atoms with Gasteiger partial charge in [0.1, 0.15) is 22.3 Å². The van der Waals surface area contributed by atoms with Crippen molar-refractivity contribution in [2.24, 2.45) is 0 Å². The molecule has 13 rings (SSSR count). The van der Waals surface area contributed by atoms with Crippen molar-refractivity contribution in [2.45, 2.75) is 0 Å². The molecule has 9 aromatic carbocycles. The highest BCUT2D eigenvalue weighted by Crippen LogP contribution is 2.43. The maximum atomic E-state index is 7.61. The van der Waals surface area contributed by atoms with Gasteiger partial charge in [-0.05, 0) is 119 Å². The molecule has 0 unspecified atom stereocenters. The highest BCUT2D eigenvalue weighted by molar-refractivity contribution is 6.18. The van der Waals surface area contributed by atoms with Crippen LogP contribution in [0, 0.1) is 6.57 Å². The van der Waals surface area contributed by atoms with Crippen molar-refractivity contribution in [3.63, 3.8) is 0 Å². The van der Waals surface area contributed by atoms with E-state index in [0.717, 1.165) is 94.0 Å². The van der Waals surface area contributed by atoms with E-state index in [1.807, 2.05) is 36.4 Å². The Morgan fingerprint density at radius 3 is 1.70 bits per heavy atom. The lowest BCUT2D eigenvalue weighted by Gasteiger charge is -2.10. The molecular formula is C55H31N3O2. The number of nitrogens with zero attached hydrogens (tertiary/aromatic N) is 3. The van der Waals surface area contributed by atoms with Crippen molar-refractivity contribution >= 4 is 93.2 Å². The smallest absolute Gasteiger partial charge is 0.188 e. The van der Waals surface area contributed by atoms with Crippen LogP contribution in [0.3, 0.4) is 0 Å². The Bertz CT molecular complexity index is 3960. The largest absolute Gasteiger partial charge is 0.456 e. The second-order valence-electron chi connectivity index (χ2n) is 15.6. The van der Waals surface area contributed by atoms with Crippen LogP contribution in [0.15, 0.2) is 197 Å². The third kappa shape index (κ3) is 4.67. The molecule has 13 aromatic rings. The fourth-order valence-electron chi connectivity index (χ4n) is 9.63. The highest BCUT2D eigenvalue weighted by Gasteiger charge is 2.20. The predicted molar refractivity (Wildman–Crippen MR) is 247 cm³/mol. The Morgan fingerprint density at radius 1 is 0.350 bits per heavy atom. The second-order valence-corrected chi connectivity index (χ2v) is 15.6. The Morgan fingerprint density at radius 2 is 0.900 bits per heavy atom. The van der Waals surface area contributed by atoms with Crippen LogP contribution in [0.25, 0.3) is 126 Å². The number of hydrogen-bond acceptors (Lipinski definition) is 2. The van der Waals surface area contributed by atoms with E-state index in [9.17, 15) is 0 Å². The summed E-state index contributed by atoms with van der Waals surface area (Å²) in [7, 11) is 0. The molecule has 0 aliphatic rings. The molecule has 0 spiro atoms. The van der Waals surface area contributed by atoms with Crippen molar-refractivity contribution in [1.82, 2.24) is 9.13 Å². The number of benzene rings is 9. The summed E-state index contributed by atoms with van der Waals surface area (Å²) in [6, 6.07) is 66.6. The standard InChI is InChI=1S/C55H31N3O2/c1-56-36-21-26-53-45(31-36)46-32-38(22-27-54(46)60-53)58-47-15-7-5-13-41(47)55-39(14-9-16-50(55)58)35-19-24-49-43(30-35)42-28-33(18-23-48(42)57(49)37-10-3-2-4-11-37)34-20-25-52-44(29-34)40-12-6-8-17-51(40)59-52/h2-32H. The first-order valence-electron chi connectivity index (χ1n) is 20.1. The third-order valence-corrected chi connectivity index (χ3v) is 12.3. The maximum Gasteiger partial charge on any atom is 0.188 e. The molecule has 0 N–H and O–H groups in total. The molecule has 4 aromatic heterocycles. The van der Waals surface area contributed by atoms with Gasteiger partial charge in [-0.1, -0.05) is 91.0 Å². The van der Waals surface area contributed by atoms with E-state index in [1.54, 1.807) is 0 Å². The molecule has 278 valence electrons. The predicted octanol–water partition coefficient (Wildman–Crippen LogP) is 15.6. The van der Waals surface area contributed by atoms with Crippen molar-refractivity contribution in [1.29, 1.82) is 0 Å². The summed E-state index contributed by atoms with van der Waals surface area (Å²) in [5.74, 6) is 0. The molecule has 0 atom stereocenters. The Labute approximate surface area is 343 Å². The Kier molecular flexibility index (Phi) is 6.73. The number of rotatable bonds is 4. The number of aromatic nitrogens is 2. The van der Waals surface area contributed by atoms with Crippen LogP contribution < -0.4 is 0 Å². The van der Waals surface area contributed by atoms with Gasteiger partial charge in [0.05, 0.1) is 28.6 Å². The summed E-state index contributed by atoms with van der Waals surface area (Å²) in [6.45, 7) is 7.61. The van der Waals surface area contributed by atoms with E-state index in [4.69, 9.17) is 15.4 Å². The zero-order valence-corrected chi connectivity index (χ0v) is 32.1. The van der Waals surface area contributed by atoms with Crippen LogP contribution >= 0.6 is 0 Å². The molecule has 0 bridgehead atoms. The maximum absolute atomic E-state index is 7.61. The lowest BCUT2D eigenvalue weighted by molar-refractivity contribution is 0.668. The molecule has 0 radical (unpaired) electrons. The molecule has 0 aliphatic carbocycles. The van der Waals surface area contributed by atoms with Crippen molar-refractivity contribution in [3.8, 4) is 33.6 Å². The van der Waals surface area contributed by atoms with Gasteiger partial charge in [0.25, 0.3) is 0 Å². The van der Waals surface area contributed by atoms with Gasteiger partial charge in [-0.3, -0.25) is 0 Å². The zero-order valence-electron chi connectivity index (χ0n) is 32.1. The van der Waals surface area contributed by atoms with E-state index in [-0.39, 0.29) is 0 Å². The fourth-order valence-corrected chi connectivity index (χ4v) is 9.63. The van der Waals surface area contributed by atoms with Crippen molar-refractivity contribution < 1.29 is 8.83 Å². The fraction of sp³-hybridized carbons (Fsp3) is 0. The van der Waals surface area contributed by atoms with E-state index in [2.05, 4.69) is 166 Å². The van der Waals surface area contributed by atoms with Gasteiger partial charge in [0.15, 0.2) is 5.69 Å². The van der Waals surface area contributed by atoms with Gasteiger partial charge in [-0.25, -0.2) is 4.85 Å². The van der Waals surface area contributed by atoms with Crippen molar-refractivity contribution in [3.05, 3.63) is 199 Å². The first kappa shape index (κ1) is 32.7. The Hall–Kier alpha value is -8.33. The quantitative estimate of drug-likeness (QED) is 0.167. The average molecular weight is 766 g/mol. The summed E-state index contributed by atoms with van der Waals surface area (Å²) in [6.07, 6.45) is 0. The van der Waals surface area contributed by atoms with E-state index < -0.39 is 0 Å². The van der Waals surface area contributed by atoms with Gasteiger partial charge < -0.3 is 18.0 Å². The number of hydrogen-bond donors (Lipinski definition) is 0. The van der Waals surface area contributed by atoms with Gasteiger partial charge in [0, 0.05) is 54.5 Å². The Balaban J connectivity index is 1.03. The molecule has 0 saturated heterocycles. The van der Waals surface area contributed by atoms with Gasteiger partial charge in [-0.15, -0.1) is 0 Å². The number of para-hydroxylation sites is 3. The molecule has 0 aliphatic heterocycles. The highest BCUT2D eigenvalue weighted by atomic mass is 16.3. The monoisotopic (exact) mass is 765 g/mol. The van der Waals surface area contributed by atoms with Gasteiger partial charge in [0.2, 0.25) is 0 Å². The molecule has 0 amide bonds. The molecule has 60 heavy (non-hydrogen) atoms. The van der Waals surface area contributed by atoms with E-state index in [1.165, 1.54) is 27.1 Å². The molecule has 0 saturated carbocycles. The average Bonchev–Trinajstić information content (AvgIpc) is 4.05. The summed E-state index contributed by atoms with van der Waals surface area (Å²) in [4.78, 5) is 3.69. The zero-order chi connectivity index (χ0) is 39.5. The minimum Gasteiger partial charge on any atom is -0.456 e. The lowest BCUT2D eigenvalue weighted by atomic mass is 9.97. The van der Waals surface area contributed by atoms with Crippen LogP contribution in [0.5, 0.6) is 0 Å². The van der Waals surface area contributed by atoms with Crippen molar-refractivity contribution in [2.75, 3.05) is 0 Å². The van der Waals surface area contributed by atoms with Crippen LogP contribution in [-0.4, -0.2) is 9.13 Å². The van der Waals surface area contributed by atoms with Crippen LogP contribution in [0.2, 0.25) is 0 Å². The third-order valence-electron chi connectivity index (χ3n) is 12.3.